The van der Waals surface area contributed by atoms with Crippen molar-refractivity contribution in [2.24, 2.45) is 5.84 Å². The van der Waals surface area contributed by atoms with Crippen molar-refractivity contribution in [3.05, 3.63) is 22.3 Å². The molecule has 7 heteroatoms. The van der Waals surface area contributed by atoms with E-state index in [-0.39, 0.29) is 11.9 Å². The summed E-state index contributed by atoms with van der Waals surface area (Å²) in [5.41, 5.74) is 2.90. The first-order valence-electron chi connectivity index (χ1n) is 7.25. The molecule has 0 aliphatic carbocycles. The number of nitrogens with zero attached hydrogens (tertiary/aromatic N) is 2. The van der Waals surface area contributed by atoms with Crippen molar-refractivity contribution < 1.29 is 4.79 Å². The Morgan fingerprint density at radius 3 is 2.86 bits per heavy atom. The van der Waals surface area contributed by atoms with E-state index in [4.69, 9.17) is 5.84 Å². The Labute approximate surface area is 133 Å². The number of rotatable bonds is 5. The van der Waals surface area contributed by atoms with Crippen LogP contribution in [0.25, 0.3) is 0 Å². The van der Waals surface area contributed by atoms with Gasteiger partial charge < -0.3 is 15.6 Å². The number of anilines is 1. The van der Waals surface area contributed by atoms with Gasteiger partial charge in [-0.1, -0.05) is 6.42 Å². The highest BCUT2D eigenvalue weighted by atomic mass is 79.9. The fraction of sp³-hybridized carbons (Fsp3) is 0.571. The number of hydrogen-bond donors (Lipinski definition) is 3. The fourth-order valence-corrected chi connectivity index (χ4v) is 2.94. The Bertz CT molecular complexity index is 490. The number of halogens is 1. The largest absolute Gasteiger partial charge is 0.348 e. The van der Waals surface area contributed by atoms with Crippen LogP contribution in [0.1, 0.15) is 36.5 Å². The van der Waals surface area contributed by atoms with Crippen LogP contribution in [-0.4, -0.2) is 41.5 Å². The first-order chi connectivity index (χ1) is 10.1. The van der Waals surface area contributed by atoms with Gasteiger partial charge in [-0.25, -0.2) is 10.8 Å². The zero-order valence-corrected chi connectivity index (χ0v) is 13.8. The summed E-state index contributed by atoms with van der Waals surface area (Å²) < 4.78 is 0.746. The molecule has 1 atom stereocenters. The van der Waals surface area contributed by atoms with Crippen LogP contribution in [0.2, 0.25) is 0 Å². The first-order valence-corrected chi connectivity index (χ1v) is 8.05. The molecule has 1 aromatic heterocycles. The van der Waals surface area contributed by atoms with Crippen molar-refractivity contribution in [2.75, 3.05) is 25.1 Å². The Kier molecular flexibility index (Phi) is 5.96. The quantitative estimate of drug-likeness (QED) is 0.553. The zero-order chi connectivity index (χ0) is 15.2. The van der Waals surface area contributed by atoms with Gasteiger partial charge >= 0.3 is 0 Å². The number of pyridine rings is 1. The average molecular weight is 356 g/mol. The monoisotopic (exact) mass is 355 g/mol. The molecular formula is C14H22BrN5O. The van der Waals surface area contributed by atoms with Gasteiger partial charge in [0.15, 0.2) is 5.82 Å². The third-order valence-corrected chi connectivity index (χ3v) is 4.03. The molecule has 4 N–H and O–H groups in total. The lowest BCUT2D eigenvalue weighted by Gasteiger charge is -2.29. The van der Waals surface area contributed by atoms with Crippen LogP contribution in [0, 0.1) is 0 Å². The number of hydrogen-bond acceptors (Lipinski definition) is 5. The normalized spacial score (nSPS) is 17.3. The van der Waals surface area contributed by atoms with E-state index in [9.17, 15) is 4.79 Å². The topological polar surface area (TPSA) is 83.3 Å². The van der Waals surface area contributed by atoms with Gasteiger partial charge in [0, 0.05) is 23.3 Å². The molecule has 2 rings (SSSR count). The molecule has 21 heavy (non-hydrogen) atoms. The van der Waals surface area contributed by atoms with E-state index in [1.807, 2.05) is 6.92 Å². The highest BCUT2D eigenvalue weighted by Gasteiger charge is 2.18. The van der Waals surface area contributed by atoms with Crippen LogP contribution in [0.15, 0.2) is 16.7 Å². The molecule has 0 aromatic carbocycles. The van der Waals surface area contributed by atoms with Crippen molar-refractivity contribution >= 4 is 27.7 Å². The second kappa shape index (κ2) is 7.72. The molecule has 0 saturated carbocycles. The van der Waals surface area contributed by atoms with Crippen LogP contribution < -0.4 is 16.6 Å². The molecule has 1 fully saturated rings. The lowest BCUT2D eigenvalue weighted by molar-refractivity contribution is 0.0926. The minimum Gasteiger partial charge on any atom is -0.348 e. The van der Waals surface area contributed by atoms with E-state index in [1.165, 1.54) is 19.3 Å². The molecule has 116 valence electrons. The summed E-state index contributed by atoms with van der Waals surface area (Å²) in [5.74, 6) is 5.61. The molecular weight excluding hydrogens is 334 g/mol. The molecule has 1 aromatic rings. The second-order valence-electron chi connectivity index (χ2n) is 5.43. The van der Waals surface area contributed by atoms with Crippen LogP contribution in [-0.2, 0) is 0 Å². The number of nitrogens with two attached hydrogens (primary N) is 1. The van der Waals surface area contributed by atoms with Crippen LogP contribution in [0.4, 0.5) is 5.82 Å². The van der Waals surface area contributed by atoms with Gasteiger partial charge in [-0.3, -0.25) is 4.79 Å². The van der Waals surface area contributed by atoms with E-state index in [0.717, 1.165) is 24.1 Å². The summed E-state index contributed by atoms with van der Waals surface area (Å²) >= 11 is 3.32. The zero-order valence-electron chi connectivity index (χ0n) is 12.2. The summed E-state index contributed by atoms with van der Waals surface area (Å²) in [6.45, 7) is 5.13. The first kappa shape index (κ1) is 16.2. The molecule has 1 amide bonds. The SMILES string of the molecule is CC(CN1CCCCC1)NC(=O)c1cc(Br)cnc1NN. The molecule has 0 radical (unpaired) electrons. The number of hydrazine groups is 1. The number of carbonyl (C=O) groups is 1. The van der Waals surface area contributed by atoms with Gasteiger partial charge in [-0.05, 0) is 54.9 Å². The summed E-state index contributed by atoms with van der Waals surface area (Å²) in [4.78, 5) is 18.8. The third-order valence-electron chi connectivity index (χ3n) is 3.59. The molecule has 2 heterocycles. The number of nitrogen functional groups attached to an aromatic ring is 1. The number of likely N-dealkylation sites (tertiary alicyclic amines) is 1. The maximum Gasteiger partial charge on any atom is 0.255 e. The lowest BCUT2D eigenvalue weighted by atomic mass is 10.1. The van der Waals surface area contributed by atoms with E-state index < -0.39 is 0 Å². The summed E-state index contributed by atoms with van der Waals surface area (Å²) in [7, 11) is 0. The number of aromatic nitrogens is 1. The minimum atomic E-state index is -0.166. The number of piperidine rings is 1. The van der Waals surface area contributed by atoms with Gasteiger partial charge in [0.2, 0.25) is 0 Å². The minimum absolute atomic E-state index is 0.0835. The molecule has 0 bridgehead atoms. The van der Waals surface area contributed by atoms with Gasteiger partial charge in [0.25, 0.3) is 5.91 Å². The molecule has 1 aliphatic heterocycles. The highest BCUT2D eigenvalue weighted by Crippen LogP contribution is 2.17. The van der Waals surface area contributed by atoms with Crippen molar-refractivity contribution in [3.8, 4) is 0 Å². The van der Waals surface area contributed by atoms with Crippen LogP contribution >= 0.6 is 15.9 Å². The summed E-state index contributed by atoms with van der Waals surface area (Å²) in [6.07, 6.45) is 5.41. The van der Waals surface area contributed by atoms with Gasteiger partial charge in [-0.15, -0.1) is 0 Å². The van der Waals surface area contributed by atoms with Crippen molar-refractivity contribution in [2.45, 2.75) is 32.2 Å². The molecule has 1 unspecified atom stereocenters. The molecule has 0 spiro atoms. The lowest BCUT2D eigenvalue weighted by Crippen LogP contribution is -2.43. The Morgan fingerprint density at radius 1 is 1.48 bits per heavy atom. The number of carbonyl (C=O) groups excluding carboxylic acids is 1. The van der Waals surface area contributed by atoms with Gasteiger partial charge in [0.1, 0.15) is 0 Å². The Morgan fingerprint density at radius 2 is 2.19 bits per heavy atom. The summed E-state index contributed by atoms with van der Waals surface area (Å²) in [5, 5.41) is 3.01. The van der Waals surface area contributed by atoms with Crippen molar-refractivity contribution in [3.63, 3.8) is 0 Å². The average Bonchev–Trinajstić information content (AvgIpc) is 2.48. The van der Waals surface area contributed by atoms with E-state index >= 15 is 0 Å². The maximum atomic E-state index is 12.3. The number of nitrogens with one attached hydrogen (secondary N) is 2. The molecule has 6 nitrogen and oxygen atoms in total. The standard InChI is InChI=1S/C14H22BrN5O/c1-10(9-20-5-3-2-4-6-20)18-14(21)12-7-11(15)8-17-13(12)19-16/h7-8,10H,2-6,9,16H2,1H3,(H,17,19)(H,18,21). The van der Waals surface area contributed by atoms with E-state index in [2.05, 4.69) is 36.6 Å². The second-order valence-corrected chi connectivity index (χ2v) is 6.35. The Balaban J connectivity index is 1.95. The third kappa shape index (κ3) is 4.66. The van der Waals surface area contributed by atoms with E-state index in [0.29, 0.717) is 11.4 Å². The van der Waals surface area contributed by atoms with Gasteiger partial charge in [0.05, 0.1) is 5.56 Å². The number of amides is 1. The predicted molar refractivity (Wildman–Crippen MR) is 87.0 cm³/mol. The fourth-order valence-electron chi connectivity index (χ4n) is 2.60. The van der Waals surface area contributed by atoms with Crippen LogP contribution in [0.5, 0.6) is 0 Å². The van der Waals surface area contributed by atoms with Gasteiger partial charge in [-0.2, -0.15) is 0 Å². The molecule has 1 aliphatic rings. The Hall–Kier alpha value is -1.18. The smallest absolute Gasteiger partial charge is 0.255 e. The van der Waals surface area contributed by atoms with Crippen molar-refractivity contribution in [1.82, 2.24) is 15.2 Å². The van der Waals surface area contributed by atoms with Crippen LogP contribution in [0.3, 0.4) is 0 Å². The maximum absolute atomic E-state index is 12.3. The summed E-state index contributed by atoms with van der Waals surface area (Å²) in [6, 6.07) is 1.80. The predicted octanol–water partition coefficient (Wildman–Crippen LogP) is 1.73. The highest BCUT2D eigenvalue weighted by molar-refractivity contribution is 9.10. The molecule has 1 saturated heterocycles. The van der Waals surface area contributed by atoms with Crippen molar-refractivity contribution in [1.29, 1.82) is 0 Å². The van der Waals surface area contributed by atoms with E-state index in [1.54, 1.807) is 12.3 Å².